The quantitative estimate of drug-likeness (QED) is 0.459. The van der Waals surface area contributed by atoms with E-state index in [1.54, 1.807) is 39.8 Å². The zero-order chi connectivity index (χ0) is 22.9. The van der Waals surface area contributed by atoms with Gasteiger partial charge >= 0.3 is 6.09 Å². The first-order valence-corrected chi connectivity index (χ1v) is 11.1. The van der Waals surface area contributed by atoms with Crippen LogP contribution in [0.3, 0.4) is 0 Å². The summed E-state index contributed by atoms with van der Waals surface area (Å²) in [7, 11) is 0. The summed E-state index contributed by atoms with van der Waals surface area (Å²) < 4.78 is 50.9. The molecule has 1 heterocycles. The van der Waals surface area contributed by atoms with Crippen LogP contribution in [0.25, 0.3) is 0 Å². The van der Waals surface area contributed by atoms with Crippen LogP contribution in [-0.2, 0) is 22.0 Å². The van der Waals surface area contributed by atoms with Gasteiger partial charge in [-0.15, -0.1) is 0 Å². The lowest BCUT2D eigenvalue weighted by Crippen LogP contribution is -2.52. The van der Waals surface area contributed by atoms with Crippen molar-refractivity contribution in [2.75, 3.05) is 13.1 Å². The van der Waals surface area contributed by atoms with Gasteiger partial charge in [0.15, 0.2) is 0 Å². The Labute approximate surface area is 181 Å². The third kappa shape index (κ3) is 6.67. The van der Waals surface area contributed by atoms with E-state index in [4.69, 9.17) is 4.74 Å². The van der Waals surface area contributed by atoms with Crippen molar-refractivity contribution in [1.29, 1.82) is 0 Å². The molecule has 30 heavy (non-hydrogen) atoms. The molecule has 168 valence electrons. The summed E-state index contributed by atoms with van der Waals surface area (Å²) in [6, 6.07) is 6.04. The first-order valence-electron chi connectivity index (χ1n) is 10.0. The second-order valence-electron chi connectivity index (χ2n) is 9.78. The average Bonchev–Trinajstić information content (AvgIpc) is 2.55. The minimum absolute atomic E-state index is 0.105. The summed E-state index contributed by atoms with van der Waals surface area (Å²) >= 11 is -1.46. The molecule has 1 aromatic rings. The highest BCUT2D eigenvalue weighted by atomic mass is 32.2. The third-order valence-electron chi connectivity index (χ3n) is 4.60. The fraction of sp³-hybridized carbons (Fsp3) is 0.636. The van der Waals surface area contributed by atoms with Crippen molar-refractivity contribution in [1.82, 2.24) is 4.90 Å². The molecule has 0 radical (unpaired) electrons. The minimum atomic E-state index is -3.04. The molecule has 0 saturated carbocycles. The van der Waals surface area contributed by atoms with E-state index in [0.717, 1.165) is 0 Å². The molecule has 0 aliphatic carbocycles. The number of halogens is 2. The Morgan fingerprint density at radius 2 is 1.83 bits per heavy atom. The lowest BCUT2D eigenvalue weighted by atomic mass is 9.89. The van der Waals surface area contributed by atoms with E-state index >= 15 is 0 Å². The number of amides is 1. The normalized spacial score (nSPS) is 17.5. The lowest BCUT2D eigenvalue weighted by Gasteiger charge is -2.41. The topological polar surface area (TPSA) is 65.0 Å². The van der Waals surface area contributed by atoms with Gasteiger partial charge in [-0.25, -0.2) is 13.6 Å². The first kappa shape index (κ1) is 24.6. The van der Waals surface area contributed by atoms with Gasteiger partial charge in [0.25, 0.3) is 5.92 Å². The van der Waals surface area contributed by atoms with Crippen LogP contribution in [0.15, 0.2) is 28.7 Å². The van der Waals surface area contributed by atoms with E-state index in [2.05, 4.69) is 4.40 Å². The molecule has 0 spiro atoms. The van der Waals surface area contributed by atoms with E-state index in [9.17, 15) is 18.1 Å². The molecule has 0 N–H and O–H groups in total. The van der Waals surface area contributed by atoms with E-state index in [1.807, 2.05) is 20.8 Å². The molecule has 1 aromatic carbocycles. The van der Waals surface area contributed by atoms with Gasteiger partial charge in [0, 0.05) is 36.6 Å². The molecule has 1 saturated heterocycles. The molecule has 0 unspecified atom stereocenters. The smallest absolute Gasteiger partial charge is 0.410 e. The van der Waals surface area contributed by atoms with Gasteiger partial charge in [-0.05, 0) is 54.5 Å². The molecular formula is C22H32F2N2O3S. The summed E-state index contributed by atoms with van der Waals surface area (Å²) in [6.45, 7) is 12.9. The Morgan fingerprint density at radius 1 is 1.23 bits per heavy atom. The van der Waals surface area contributed by atoms with E-state index in [1.165, 1.54) is 17.0 Å². The van der Waals surface area contributed by atoms with E-state index in [-0.39, 0.29) is 31.0 Å². The summed E-state index contributed by atoms with van der Waals surface area (Å²) in [5, 5.41) is 0. The minimum Gasteiger partial charge on any atom is -0.591 e. The Balaban J connectivity index is 2.03. The molecule has 0 aromatic heterocycles. The molecule has 5 nitrogen and oxygen atoms in total. The van der Waals surface area contributed by atoms with Crippen molar-refractivity contribution in [2.24, 2.45) is 10.3 Å². The molecule has 1 aliphatic rings. The molecule has 1 atom stereocenters. The molecule has 1 amide bonds. The second kappa shape index (κ2) is 8.83. The predicted molar refractivity (Wildman–Crippen MR) is 116 cm³/mol. The van der Waals surface area contributed by atoms with E-state index < -0.39 is 33.7 Å². The Hall–Kier alpha value is -1.67. The molecular weight excluding hydrogens is 410 g/mol. The molecule has 2 rings (SSSR count). The van der Waals surface area contributed by atoms with Gasteiger partial charge < -0.3 is 14.2 Å². The summed E-state index contributed by atoms with van der Waals surface area (Å²) in [4.78, 5) is 13.4. The van der Waals surface area contributed by atoms with Crippen molar-refractivity contribution in [3.63, 3.8) is 0 Å². The van der Waals surface area contributed by atoms with Crippen molar-refractivity contribution >= 4 is 23.2 Å². The average molecular weight is 443 g/mol. The fourth-order valence-corrected chi connectivity index (χ4v) is 3.57. The van der Waals surface area contributed by atoms with Crippen LogP contribution in [0.4, 0.5) is 13.6 Å². The number of hydrogen-bond acceptors (Lipinski definition) is 4. The van der Waals surface area contributed by atoms with Crippen LogP contribution in [0.5, 0.6) is 0 Å². The Morgan fingerprint density at radius 3 is 2.37 bits per heavy atom. The predicted octanol–water partition coefficient (Wildman–Crippen LogP) is 5.31. The molecule has 0 bridgehead atoms. The highest BCUT2D eigenvalue weighted by Crippen LogP contribution is 2.38. The molecule has 1 aliphatic heterocycles. The number of likely N-dealkylation sites (tertiary alicyclic amines) is 1. The van der Waals surface area contributed by atoms with Crippen molar-refractivity contribution < 1.29 is 22.9 Å². The number of hydrogen-bond donors (Lipinski definition) is 0. The van der Waals surface area contributed by atoms with Crippen LogP contribution in [0.2, 0.25) is 0 Å². The van der Waals surface area contributed by atoms with Crippen molar-refractivity contribution in [2.45, 2.75) is 71.2 Å². The maximum Gasteiger partial charge on any atom is 0.410 e. The highest BCUT2D eigenvalue weighted by molar-refractivity contribution is 7.91. The third-order valence-corrected chi connectivity index (χ3v) is 6.09. The summed E-state index contributed by atoms with van der Waals surface area (Å²) in [6.07, 6.45) is -0.817. The van der Waals surface area contributed by atoms with Gasteiger partial charge in [0.1, 0.15) is 21.7 Å². The number of carbonyl (C=O) groups excluding carboxylic acids is 1. The zero-order valence-electron chi connectivity index (χ0n) is 18.8. The monoisotopic (exact) mass is 442 g/mol. The number of ether oxygens (including phenoxy) is 1. The molecule has 8 heteroatoms. The number of alkyl halides is 2. The standard InChI is InChI=1S/C22H32F2N2O3S/c1-15(25-30(28)21(5,6)7)17-9-8-10-18(11-17)22(23,24)12-16-13-26(14-16)19(27)29-20(2,3)4/h8-11,16H,12-14H2,1-7H3/b25-15-/t30-/m0/s1. The Bertz CT molecular complexity index is 794. The zero-order valence-corrected chi connectivity index (χ0v) is 19.6. The maximum atomic E-state index is 14.9. The summed E-state index contributed by atoms with van der Waals surface area (Å²) in [5.74, 6) is -3.33. The van der Waals surface area contributed by atoms with Gasteiger partial charge in [-0.1, -0.05) is 22.6 Å². The van der Waals surface area contributed by atoms with Crippen LogP contribution in [0.1, 0.15) is 66.0 Å². The maximum absolute atomic E-state index is 14.9. The van der Waals surface area contributed by atoms with Gasteiger partial charge in [-0.3, -0.25) is 0 Å². The summed E-state index contributed by atoms with van der Waals surface area (Å²) in [5.41, 5.74) is 0.268. The highest BCUT2D eigenvalue weighted by Gasteiger charge is 2.42. The number of rotatable bonds is 5. The van der Waals surface area contributed by atoms with E-state index in [0.29, 0.717) is 11.3 Å². The van der Waals surface area contributed by atoms with Gasteiger partial charge in [0.05, 0.1) is 5.71 Å². The van der Waals surface area contributed by atoms with Gasteiger partial charge in [0.2, 0.25) is 0 Å². The SMILES string of the molecule is C/C(=N/[S@@+]([O-])C(C)(C)C)c1cccc(C(F)(F)CC2CN(C(=O)OC(C)(C)C)C2)c1. The number of carbonyl (C=O) groups is 1. The number of nitrogens with zero attached hydrogens (tertiary/aromatic N) is 2. The first-order chi connectivity index (χ1) is 13.6. The van der Waals surface area contributed by atoms with Gasteiger partial charge in [-0.2, -0.15) is 0 Å². The van der Waals surface area contributed by atoms with Crippen molar-refractivity contribution in [3.8, 4) is 0 Å². The van der Waals surface area contributed by atoms with Crippen LogP contribution in [-0.4, -0.2) is 44.7 Å². The van der Waals surface area contributed by atoms with Crippen LogP contribution >= 0.6 is 0 Å². The second-order valence-corrected chi connectivity index (χ2v) is 11.7. The fourth-order valence-electron chi connectivity index (χ4n) is 2.94. The Kier molecular flexibility index (Phi) is 7.24. The van der Waals surface area contributed by atoms with Crippen molar-refractivity contribution in [3.05, 3.63) is 35.4 Å². The largest absolute Gasteiger partial charge is 0.591 e. The molecule has 1 fully saturated rings. The lowest BCUT2D eigenvalue weighted by molar-refractivity contribution is -0.0612. The number of benzene rings is 1. The van der Waals surface area contributed by atoms with Crippen LogP contribution < -0.4 is 0 Å². The van der Waals surface area contributed by atoms with Crippen LogP contribution in [0, 0.1) is 5.92 Å².